The fourth-order valence-corrected chi connectivity index (χ4v) is 2.37. The second-order valence-electron chi connectivity index (χ2n) is 3.26. The van der Waals surface area contributed by atoms with Gasteiger partial charge in [0.15, 0.2) is 0 Å². The second kappa shape index (κ2) is 6.56. The second-order valence-corrected chi connectivity index (χ2v) is 4.51. The van der Waals surface area contributed by atoms with E-state index in [1.165, 1.54) is 0 Å². The van der Waals surface area contributed by atoms with Gasteiger partial charge in [-0.15, -0.1) is 11.8 Å². The largest absolute Gasteiger partial charge is 0.402 e. The summed E-state index contributed by atoms with van der Waals surface area (Å²) in [6, 6.07) is -0.781. The molecule has 14 heavy (non-hydrogen) atoms. The molecule has 0 aliphatic carbocycles. The van der Waals surface area contributed by atoms with E-state index in [0.29, 0.717) is 12.2 Å². The maximum absolute atomic E-state index is 12.5. The van der Waals surface area contributed by atoms with Gasteiger partial charge in [-0.2, -0.15) is 13.2 Å². The lowest BCUT2D eigenvalue weighted by molar-refractivity contribution is -0.132. The molecule has 0 radical (unpaired) electrons. The summed E-state index contributed by atoms with van der Waals surface area (Å²) in [5.74, 6) is 0.536. The van der Waals surface area contributed by atoms with Crippen LogP contribution in [0.25, 0.3) is 0 Å². The van der Waals surface area contributed by atoms with Gasteiger partial charge < -0.3 is 5.73 Å². The van der Waals surface area contributed by atoms with E-state index in [9.17, 15) is 13.2 Å². The highest BCUT2D eigenvalue weighted by molar-refractivity contribution is 8.00. The molecular weight excluding hydrogens is 211 g/mol. The molecule has 0 saturated carbocycles. The molecule has 2 N–H and O–H groups in total. The number of unbranched alkanes of at least 4 members (excludes halogenated alkanes) is 1. The SMILES string of the molecule is CCCCSC(C(N)CC)C(F)(F)F. The molecule has 2 atom stereocenters. The van der Waals surface area contributed by atoms with Crippen LogP contribution in [0.4, 0.5) is 13.2 Å². The van der Waals surface area contributed by atoms with Crippen LogP contribution in [0, 0.1) is 0 Å². The first-order valence-electron chi connectivity index (χ1n) is 4.87. The zero-order valence-corrected chi connectivity index (χ0v) is 9.42. The van der Waals surface area contributed by atoms with Crippen molar-refractivity contribution in [3.05, 3.63) is 0 Å². The lowest BCUT2D eigenvalue weighted by Crippen LogP contribution is -2.42. The molecule has 0 aromatic carbocycles. The molecule has 0 spiro atoms. The van der Waals surface area contributed by atoms with Crippen LogP contribution in [0.1, 0.15) is 33.1 Å². The van der Waals surface area contributed by atoms with Gasteiger partial charge in [0.2, 0.25) is 0 Å². The summed E-state index contributed by atoms with van der Waals surface area (Å²) in [6.07, 6.45) is -2.08. The predicted octanol–water partition coefficient (Wildman–Crippen LogP) is 3.19. The zero-order chi connectivity index (χ0) is 11.2. The third-order valence-corrected chi connectivity index (χ3v) is 3.48. The van der Waals surface area contributed by atoms with Crippen molar-refractivity contribution in [1.29, 1.82) is 0 Å². The van der Waals surface area contributed by atoms with Crippen LogP contribution in [-0.4, -0.2) is 23.2 Å². The van der Waals surface area contributed by atoms with E-state index >= 15 is 0 Å². The van der Waals surface area contributed by atoms with Crippen molar-refractivity contribution in [3.8, 4) is 0 Å². The first-order chi connectivity index (χ1) is 6.43. The van der Waals surface area contributed by atoms with Crippen LogP contribution in [0.3, 0.4) is 0 Å². The quantitative estimate of drug-likeness (QED) is 0.708. The number of nitrogens with two attached hydrogens (primary N) is 1. The van der Waals surface area contributed by atoms with Crippen molar-refractivity contribution < 1.29 is 13.2 Å². The standard InChI is InChI=1S/C9H18F3NS/c1-3-5-6-14-8(7(13)4-2)9(10,11)12/h7-8H,3-6,13H2,1-2H3. The van der Waals surface area contributed by atoms with Crippen LogP contribution >= 0.6 is 11.8 Å². The molecule has 0 fully saturated rings. The molecule has 0 amide bonds. The summed E-state index contributed by atoms with van der Waals surface area (Å²) in [7, 11) is 0. The molecule has 5 heteroatoms. The molecule has 86 valence electrons. The van der Waals surface area contributed by atoms with E-state index < -0.39 is 17.5 Å². The molecule has 2 unspecified atom stereocenters. The van der Waals surface area contributed by atoms with Crippen molar-refractivity contribution in [2.24, 2.45) is 5.73 Å². The monoisotopic (exact) mass is 229 g/mol. The first kappa shape index (κ1) is 14.1. The Balaban J connectivity index is 4.12. The lowest BCUT2D eigenvalue weighted by Gasteiger charge is -2.24. The van der Waals surface area contributed by atoms with Crippen molar-refractivity contribution in [2.75, 3.05) is 5.75 Å². The van der Waals surface area contributed by atoms with Gasteiger partial charge in [0.25, 0.3) is 0 Å². The van der Waals surface area contributed by atoms with Crippen LogP contribution in [0.2, 0.25) is 0 Å². The van der Waals surface area contributed by atoms with Crippen molar-refractivity contribution >= 4 is 11.8 Å². The molecule has 0 rings (SSSR count). The van der Waals surface area contributed by atoms with Crippen LogP contribution in [0.5, 0.6) is 0 Å². The van der Waals surface area contributed by atoms with E-state index in [0.717, 1.165) is 24.6 Å². The summed E-state index contributed by atoms with van der Waals surface area (Å²) in [5, 5.41) is -1.40. The van der Waals surface area contributed by atoms with Crippen LogP contribution in [0.15, 0.2) is 0 Å². The number of hydrogen-bond donors (Lipinski definition) is 1. The van der Waals surface area contributed by atoms with Crippen LogP contribution < -0.4 is 5.73 Å². The maximum Gasteiger partial charge on any atom is 0.402 e. The zero-order valence-electron chi connectivity index (χ0n) is 8.60. The molecule has 0 aromatic heterocycles. The smallest absolute Gasteiger partial charge is 0.326 e. The van der Waals surface area contributed by atoms with Gasteiger partial charge >= 0.3 is 6.18 Å². The third kappa shape index (κ3) is 5.10. The fourth-order valence-electron chi connectivity index (χ4n) is 1.03. The Bertz CT molecular complexity index is 149. The number of halogens is 3. The molecule has 0 bridgehead atoms. The number of hydrogen-bond acceptors (Lipinski definition) is 2. The average molecular weight is 229 g/mol. The molecule has 0 aliphatic rings. The Labute approximate surface area is 87.6 Å². The van der Waals surface area contributed by atoms with Crippen molar-refractivity contribution in [1.82, 2.24) is 0 Å². The fraction of sp³-hybridized carbons (Fsp3) is 1.00. The summed E-state index contributed by atoms with van der Waals surface area (Å²) in [6.45, 7) is 3.65. The van der Waals surface area contributed by atoms with E-state index in [-0.39, 0.29) is 0 Å². The van der Waals surface area contributed by atoms with Gasteiger partial charge in [0.05, 0.1) is 0 Å². The minimum atomic E-state index is -4.17. The summed E-state index contributed by atoms with van der Waals surface area (Å²) >= 11 is 0.936. The average Bonchev–Trinajstić information content (AvgIpc) is 2.09. The topological polar surface area (TPSA) is 26.0 Å². The Morgan fingerprint density at radius 3 is 2.21 bits per heavy atom. The first-order valence-corrected chi connectivity index (χ1v) is 5.92. The Morgan fingerprint density at radius 1 is 1.29 bits per heavy atom. The highest BCUT2D eigenvalue weighted by Gasteiger charge is 2.42. The Morgan fingerprint density at radius 2 is 1.86 bits per heavy atom. The maximum atomic E-state index is 12.5. The normalized spacial score (nSPS) is 16.7. The summed E-state index contributed by atoms with van der Waals surface area (Å²) in [5.41, 5.74) is 5.44. The van der Waals surface area contributed by atoms with E-state index in [1.807, 2.05) is 6.92 Å². The number of thioether (sulfide) groups is 1. The minimum absolute atomic E-state index is 0.364. The van der Waals surface area contributed by atoms with E-state index in [4.69, 9.17) is 5.73 Å². The van der Waals surface area contributed by atoms with Crippen molar-refractivity contribution in [3.63, 3.8) is 0 Å². The van der Waals surface area contributed by atoms with Gasteiger partial charge in [-0.05, 0) is 18.6 Å². The third-order valence-electron chi connectivity index (χ3n) is 1.98. The lowest BCUT2D eigenvalue weighted by atomic mass is 10.1. The van der Waals surface area contributed by atoms with Gasteiger partial charge in [0.1, 0.15) is 5.25 Å². The molecule has 0 aromatic rings. The number of rotatable bonds is 6. The number of alkyl halides is 3. The Kier molecular flexibility index (Phi) is 6.61. The van der Waals surface area contributed by atoms with E-state index in [1.54, 1.807) is 6.92 Å². The molecule has 0 saturated heterocycles. The Hall–Kier alpha value is 0.100. The van der Waals surface area contributed by atoms with Gasteiger partial charge in [-0.25, -0.2) is 0 Å². The summed E-state index contributed by atoms with van der Waals surface area (Å²) < 4.78 is 37.5. The highest BCUT2D eigenvalue weighted by Crippen LogP contribution is 2.33. The minimum Gasteiger partial charge on any atom is -0.326 e. The molecule has 0 heterocycles. The van der Waals surface area contributed by atoms with Crippen molar-refractivity contribution in [2.45, 2.75) is 50.6 Å². The van der Waals surface area contributed by atoms with Gasteiger partial charge in [-0.1, -0.05) is 20.3 Å². The predicted molar refractivity (Wildman–Crippen MR) is 55.5 cm³/mol. The van der Waals surface area contributed by atoms with Gasteiger partial charge in [-0.3, -0.25) is 0 Å². The van der Waals surface area contributed by atoms with Crippen LogP contribution in [-0.2, 0) is 0 Å². The molecule has 0 aliphatic heterocycles. The molecular formula is C9H18F3NS. The van der Waals surface area contributed by atoms with E-state index in [2.05, 4.69) is 0 Å². The van der Waals surface area contributed by atoms with Gasteiger partial charge in [0, 0.05) is 6.04 Å². The highest BCUT2D eigenvalue weighted by atomic mass is 32.2. The summed E-state index contributed by atoms with van der Waals surface area (Å²) in [4.78, 5) is 0. The molecule has 1 nitrogen and oxygen atoms in total.